The highest BCUT2D eigenvalue weighted by atomic mass is 32.1. The molecule has 0 amide bonds. The predicted molar refractivity (Wildman–Crippen MR) is 66.0 cm³/mol. The van der Waals surface area contributed by atoms with Crippen LogP contribution < -0.4 is 5.32 Å². The van der Waals surface area contributed by atoms with Gasteiger partial charge >= 0.3 is 0 Å². The molecule has 1 nitrogen and oxygen atoms in total. The van der Waals surface area contributed by atoms with Crippen molar-refractivity contribution in [2.75, 3.05) is 0 Å². The monoisotopic (exact) mass is 235 g/mol. The summed E-state index contributed by atoms with van der Waals surface area (Å²) in [6.45, 7) is 2.81. The Morgan fingerprint density at radius 1 is 1.31 bits per heavy atom. The van der Waals surface area contributed by atoms with Gasteiger partial charge in [0.05, 0.1) is 0 Å². The van der Waals surface area contributed by atoms with Crippen LogP contribution in [0.25, 0.3) is 0 Å². The summed E-state index contributed by atoms with van der Waals surface area (Å²) in [6.07, 6.45) is 0. The van der Waals surface area contributed by atoms with Gasteiger partial charge in [0.2, 0.25) is 0 Å². The van der Waals surface area contributed by atoms with Crippen LogP contribution in [0, 0.1) is 5.82 Å². The van der Waals surface area contributed by atoms with Crippen LogP contribution in [0.15, 0.2) is 41.8 Å². The Balaban J connectivity index is 1.92. The maximum atomic E-state index is 12.9. The van der Waals surface area contributed by atoms with E-state index >= 15 is 0 Å². The van der Waals surface area contributed by atoms with E-state index in [-0.39, 0.29) is 5.82 Å². The first kappa shape index (κ1) is 11.3. The minimum Gasteiger partial charge on any atom is -0.305 e. The molecule has 1 atom stereocenters. The van der Waals surface area contributed by atoms with Crippen molar-refractivity contribution in [3.63, 3.8) is 0 Å². The van der Waals surface area contributed by atoms with Crippen LogP contribution in [0.3, 0.4) is 0 Å². The van der Waals surface area contributed by atoms with Crippen LogP contribution in [-0.4, -0.2) is 0 Å². The van der Waals surface area contributed by atoms with E-state index in [0.717, 1.165) is 5.56 Å². The number of benzene rings is 1. The molecule has 1 N–H and O–H groups in total. The zero-order valence-electron chi connectivity index (χ0n) is 9.11. The summed E-state index contributed by atoms with van der Waals surface area (Å²) < 4.78 is 12.9. The maximum Gasteiger partial charge on any atom is 0.123 e. The van der Waals surface area contributed by atoms with Gasteiger partial charge in [-0.3, -0.25) is 0 Å². The Morgan fingerprint density at radius 2 is 2.19 bits per heavy atom. The lowest BCUT2D eigenvalue weighted by atomic mass is 10.2. The van der Waals surface area contributed by atoms with Crippen molar-refractivity contribution in [3.05, 3.63) is 58.0 Å². The summed E-state index contributed by atoms with van der Waals surface area (Å²) in [6, 6.07) is 11.1. The molecule has 0 radical (unpaired) electrons. The van der Waals surface area contributed by atoms with Gasteiger partial charge in [-0.25, -0.2) is 4.39 Å². The Bertz CT molecular complexity index is 439. The minimum atomic E-state index is -0.178. The molecule has 0 aliphatic carbocycles. The van der Waals surface area contributed by atoms with Crippen LogP contribution in [0.1, 0.15) is 23.4 Å². The molecule has 1 unspecified atom stereocenters. The zero-order chi connectivity index (χ0) is 11.4. The van der Waals surface area contributed by atoms with Crippen LogP contribution in [0.5, 0.6) is 0 Å². The van der Waals surface area contributed by atoms with E-state index in [1.54, 1.807) is 23.5 Å². The number of halogens is 1. The summed E-state index contributed by atoms with van der Waals surface area (Å²) in [5.41, 5.74) is 0.975. The number of hydrogen-bond donors (Lipinski definition) is 1. The van der Waals surface area contributed by atoms with Crippen LogP contribution in [0.4, 0.5) is 4.39 Å². The third-order valence-electron chi connectivity index (χ3n) is 2.47. The summed E-state index contributed by atoms with van der Waals surface area (Å²) in [5, 5.41) is 5.44. The summed E-state index contributed by atoms with van der Waals surface area (Å²) in [5.74, 6) is -0.178. The first-order chi connectivity index (χ1) is 7.75. The largest absolute Gasteiger partial charge is 0.305 e. The number of thiophene rings is 1. The van der Waals surface area contributed by atoms with E-state index in [2.05, 4.69) is 23.7 Å². The summed E-state index contributed by atoms with van der Waals surface area (Å²) in [7, 11) is 0. The SMILES string of the molecule is CC(NCc1cccc(F)c1)c1cccs1. The highest BCUT2D eigenvalue weighted by Gasteiger charge is 2.05. The molecule has 2 aromatic rings. The molecule has 1 aromatic heterocycles. The molecule has 0 bridgehead atoms. The second-order valence-electron chi connectivity index (χ2n) is 3.75. The third kappa shape index (κ3) is 2.90. The average molecular weight is 235 g/mol. The molecule has 3 heteroatoms. The molecule has 1 aromatic carbocycles. The Hall–Kier alpha value is -1.19. The fourth-order valence-corrected chi connectivity index (χ4v) is 2.31. The number of hydrogen-bond acceptors (Lipinski definition) is 2. The van der Waals surface area contributed by atoms with Gasteiger partial charge in [-0.15, -0.1) is 11.3 Å². The van der Waals surface area contributed by atoms with Crippen molar-refractivity contribution in [2.24, 2.45) is 0 Å². The number of rotatable bonds is 4. The van der Waals surface area contributed by atoms with E-state index < -0.39 is 0 Å². The predicted octanol–water partition coefficient (Wildman–Crippen LogP) is 3.74. The molecule has 16 heavy (non-hydrogen) atoms. The second-order valence-corrected chi connectivity index (χ2v) is 4.73. The lowest BCUT2D eigenvalue weighted by Crippen LogP contribution is -2.17. The van der Waals surface area contributed by atoms with Gasteiger partial charge in [0.25, 0.3) is 0 Å². The Labute approximate surface area is 98.9 Å². The molecule has 0 saturated heterocycles. The molecule has 2 rings (SSSR count). The van der Waals surface area contributed by atoms with Gasteiger partial charge in [0, 0.05) is 17.5 Å². The topological polar surface area (TPSA) is 12.0 Å². The van der Waals surface area contributed by atoms with Crippen LogP contribution in [0.2, 0.25) is 0 Å². The van der Waals surface area contributed by atoms with Gasteiger partial charge in [0.15, 0.2) is 0 Å². The molecular formula is C13H14FNS. The van der Waals surface area contributed by atoms with E-state index in [1.165, 1.54) is 10.9 Å². The molecule has 1 heterocycles. The zero-order valence-corrected chi connectivity index (χ0v) is 9.93. The highest BCUT2D eigenvalue weighted by Crippen LogP contribution is 2.18. The fraction of sp³-hybridized carbons (Fsp3) is 0.231. The van der Waals surface area contributed by atoms with E-state index in [9.17, 15) is 4.39 Å². The molecule has 0 aliphatic heterocycles. The van der Waals surface area contributed by atoms with Crippen LogP contribution >= 0.6 is 11.3 Å². The number of nitrogens with one attached hydrogen (secondary N) is 1. The van der Waals surface area contributed by atoms with Crippen molar-refractivity contribution in [1.82, 2.24) is 5.32 Å². The summed E-state index contributed by atoms with van der Waals surface area (Å²) >= 11 is 1.73. The van der Waals surface area contributed by atoms with Crippen molar-refractivity contribution < 1.29 is 4.39 Å². The lowest BCUT2D eigenvalue weighted by Gasteiger charge is -2.11. The molecule has 84 valence electrons. The van der Waals surface area contributed by atoms with Crippen molar-refractivity contribution in [1.29, 1.82) is 0 Å². The fourth-order valence-electron chi connectivity index (χ4n) is 1.56. The van der Waals surface area contributed by atoms with Crippen molar-refractivity contribution in [2.45, 2.75) is 19.5 Å². The molecule has 0 aliphatic rings. The van der Waals surface area contributed by atoms with E-state index in [0.29, 0.717) is 12.6 Å². The normalized spacial score (nSPS) is 12.6. The van der Waals surface area contributed by atoms with E-state index in [1.807, 2.05) is 12.1 Å². The minimum absolute atomic E-state index is 0.178. The van der Waals surface area contributed by atoms with Gasteiger partial charge in [-0.2, -0.15) is 0 Å². The Kier molecular flexibility index (Phi) is 3.70. The highest BCUT2D eigenvalue weighted by molar-refractivity contribution is 7.10. The van der Waals surface area contributed by atoms with Gasteiger partial charge in [-0.1, -0.05) is 18.2 Å². The van der Waals surface area contributed by atoms with Gasteiger partial charge in [-0.05, 0) is 36.1 Å². The lowest BCUT2D eigenvalue weighted by molar-refractivity contribution is 0.576. The maximum absolute atomic E-state index is 12.9. The van der Waals surface area contributed by atoms with Crippen LogP contribution in [-0.2, 0) is 6.54 Å². The molecule has 0 spiro atoms. The molecule has 0 saturated carbocycles. The first-order valence-corrected chi connectivity index (χ1v) is 6.15. The van der Waals surface area contributed by atoms with Crippen molar-refractivity contribution >= 4 is 11.3 Å². The second kappa shape index (κ2) is 5.23. The quantitative estimate of drug-likeness (QED) is 0.851. The van der Waals surface area contributed by atoms with Gasteiger partial charge in [0.1, 0.15) is 5.82 Å². The van der Waals surface area contributed by atoms with E-state index in [4.69, 9.17) is 0 Å². The Morgan fingerprint density at radius 3 is 2.88 bits per heavy atom. The smallest absolute Gasteiger partial charge is 0.123 e. The first-order valence-electron chi connectivity index (χ1n) is 5.27. The van der Waals surface area contributed by atoms with Gasteiger partial charge < -0.3 is 5.32 Å². The molecular weight excluding hydrogens is 221 g/mol. The molecule has 0 fully saturated rings. The standard InChI is InChI=1S/C13H14FNS/c1-10(13-6-3-7-16-13)15-9-11-4-2-5-12(14)8-11/h2-8,10,15H,9H2,1H3. The third-order valence-corrected chi connectivity index (χ3v) is 3.53. The average Bonchev–Trinajstić information content (AvgIpc) is 2.79. The summed E-state index contributed by atoms with van der Waals surface area (Å²) in [4.78, 5) is 1.30. The van der Waals surface area contributed by atoms with Crippen molar-refractivity contribution in [3.8, 4) is 0 Å².